The Hall–Kier alpha value is -3.99. The first-order chi connectivity index (χ1) is 15.7. The molecule has 0 saturated carbocycles. The molecule has 3 aromatic rings. The Morgan fingerprint density at radius 3 is 2.33 bits per heavy atom. The number of aromatic carboxylic acids is 1. The first-order valence-electron chi connectivity index (χ1n) is 10.6. The lowest BCUT2D eigenvalue weighted by atomic mass is 9.85. The Bertz CT molecular complexity index is 1330. The van der Waals surface area contributed by atoms with Crippen LogP contribution in [0.15, 0.2) is 78.0 Å². The summed E-state index contributed by atoms with van der Waals surface area (Å²) >= 11 is 0. The molecule has 166 valence electrons. The molecule has 0 saturated heterocycles. The highest BCUT2D eigenvalue weighted by molar-refractivity contribution is 6.11. The summed E-state index contributed by atoms with van der Waals surface area (Å²) in [5.74, 6) is -1.85. The van der Waals surface area contributed by atoms with Gasteiger partial charge in [-0.05, 0) is 59.5 Å². The first-order valence-corrected chi connectivity index (χ1v) is 10.6. The molecule has 0 aliphatic heterocycles. The van der Waals surface area contributed by atoms with E-state index in [0.29, 0.717) is 5.56 Å². The summed E-state index contributed by atoms with van der Waals surface area (Å²) in [6.07, 6.45) is 5.22. The van der Waals surface area contributed by atoms with Crippen molar-refractivity contribution in [1.82, 2.24) is 0 Å². The van der Waals surface area contributed by atoms with Crippen LogP contribution in [0.25, 0.3) is 11.6 Å². The zero-order valence-electron chi connectivity index (χ0n) is 18.6. The highest BCUT2D eigenvalue weighted by atomic mass is 19.1. The van der Waals surface area contributed by atoms with E-state index in [-0.39, 0.29) is 22.3 Å². The molecule has 3 aromatic carbocycles. The normalized spacial score (nSPS) is 14.9. The van der Waals surface area contributed by atoms with Gasteiger partial charge in [0, 0.05) is 16.5 Å². The van der Waals surface area contributed by atoms with Crippen LogP contribution in [0.1, 0.15) is 57.6 Å². The number of aryl methyl sites for hydroxylation is 1. The van der Waals surface area contributed by atoms with Crippen LogP contribution in [0.2, 0.25) is 0 Å². The van der Waals surface area contributed by atoms with Crippen molar-refractivity contribution < 1.29 is 19.5 Å². The van der Waals surface area contributed by atoms with Crippen molar-refractivity contribution in [3.05, 3.63) is 118 Å². The fraction of sp³-hybridized carbons (Fsp3) is 0.143. The second-order valence-electron chi connectivity index (χ2n) is 8.77. The van der Waals surface area contributed by atoms with Gasteiger partial charge < -0.3 is 10.3 Å². The maximum Gasteiger partial charge on any atom is 0.335 e. The third kappa shape index (κ3) is 4.35. The number of halogens is 1. The molecule has 0 fully saturated rings. The predicted molar refractivity (Wildman–Crippen MR) is 128 cm³/mol. The molecule has 5 heteroatoms. The van der Waals surface area contributed by atoms with Gasteiger partial charge in [0.05, 0.1) is 5.56 Å². The zero-order chi connectivity index (χ0) is 23.8. The summed E-state index contributed by atoms with van der Waals surface area (Å²) in [7, 11) is 0. The van der Waals surface area contributed by atoms with Gasteiger partial charge in [-0.1, -0.05) is 73.1 Å². The Morgan fingerprint density at radius 2 is 1.70 bits per heavy atom. The molecule has 1 aliphatic rings. The summed E-state index contributed by atoms with van der Waals surface area (Å²) in [5.41, 5.74) is 6.60. The van der Waals surface area contributed by atoms with E-state index in [4.69, 9.17) is 5.11 Å². The quantitative estimate of drug-likeness (QED) is 0.272. The highest BCUT2D eigenvalue weighted by Crippen LogP contribution is 2.43. The van der Waals surface area contributed by atoms with Gasteiger partial charge in [0.15, 0.2) is 0 Å². The standard InChI is InChI=1S/C28H24FNO3/c1-17-4-6-18(7-5-17)23-16-28(2,3)24-14-20(10-12-22(23)24)26(30-33)13-11-19-8-9-21(27(31)32)15-25(19)29/h4-16,33H,1-3H3,(H,31,32)/b13-11+,30-26-. The number of carbonyl (C=O) groups is 1. The Kier molecular flexibility index (Phi) is 5.73. The molecule has 0 spiro atoms. The number of nitrogens with zero attached hydrogens (tertiary/aromatic N) is 1. The van der Waals surface area contributed by atoms with Crippen molar-refractivity contribution in [3.63, 3.8) is 0 Å². The van der Waals surface area contributed by atoms with Crippen LogP contribution in [0.5, 0.6) is 0 Å². The smallest absolute Gasteiger partial charge is 0.335 e. The van der Waals surface area contributed by atoms with Crippen molar-refractivity contribution in [2.75, 3.05) is 0 Å². The number of fused-ring (bicyclic) bond motifs is 1. The number of carboxylic acids is 1. The fourth-order valence-electron chi connectivity index (χ4n) is 4.11. The van der Waals surface area contributed by atoms with Crippen LogP contribution in [-0.4, -0.2) is 22.0 Å². The second kappa shape index (κ2) is 8.51. The van der Waals surface area contributed by atoms with Gasteiger partial charge in [-0.3, -0.25) is 0 Å². The topological polar surface area (TPSA) is 69.9 Å². The number of hydrogen-bond donors (Lipinski definition) is 2. The zero-order valence-corrected chi connectivity index (χ0v) is 18.6. The lowest BCUT2D eigenvalue weighted by Gasteiger charge is -2.18. The average Bonchev–Trinajstić information content (AvgIpc) is 3.06. The van der Waals surface area contributed by atoms with Crippen LogP contribution in [0, 0.1) is 12.7 Å². The van der Waals surface area contributed by atoms with E-state index in [1.165, 1.54) is 35.4 Å². The molecule has 0 unspecified atom stereocenters. The Balaban J connectivity index is 1.66. The van der Waals surface area contributed by atoms with Crippen molar-refractivity contribution in [2.45, 2.75) is 26.2 Å². The Labute approximate surface area is 192 Å². The third-order valence-corrected chi connectivity index (χ3v) is 5.94. The summed E-state index contributed by atoms with van der Waals surface area (Å²) in [5, 5.41) is 22.0. The number of oxime groups is 1. The molecule has 4 nitrogen and oxygen atoms in total. The number of hydrogen-bond acceptors (Lipinski definition) is 3. The SMILES string of the molecule is Cc1ccc(C2=CC(C)(C)c3cc(C(/C=C/c4ccc(C(=O)O)cc4F)=N\O)ccc32)cc1. The third-order valence-electron chi connectivity index (χ3n) is 5.94. The van der Waals surface area contributed by atoms with E-state index in [1.54, 1.807) is 0 Å². The lowest BCUT2D eigenvalue weighted by Crippen LogP contribution is -2.12. The van der Waals surface area contributed by atoms with E-state index in [0.717, 1.165) is 22.8 Å². The van der Waals surface area contributed by atoms with Gasteiger partial charge in [0.1, 0.15) is 11.5 Å². The maximum absolute atomic E-state index is 14.3. The van der Waals surface area contributed by atoms with Crippen LogP contribution in [0.4, 0.5) is 4.39 Å². The van der Waals surface area contributed by atoms with Gasteiger partial charge in [-0.25, -0.2) is 9.18 Å². The van der Waals surface area contributed by atoms with Gasteiger partial charge in [-0.15, -0.1) is 0 Å². The Morgan fingerprint density at radius 1 is 1.00 bits per heavy atom. The molecule has 2 N–H and O–H groups in total. The maximum atomic E-state index is 14.3. The van der Waals surface area contributed by atoms with Crippen LogP contribution in [0.3, 0.4) is 0 Å². The van der Waals surface area contributed by atoms with Gasteiger partial charge in [0.2, 0.25) is 0 Å². The van der Waals surface area contributed by atoms with Gasteiger partial charge in [0.25, 0.3) is 0 Å². The molecule has 0 atom stereocenters. The molecule has 0 heterocycles. The number of benzene rings is 3. The van der Waals surface area contributed by atoms with E-state index in [1.807, 2.05) is 18.2 Å². The lowest BCUT2D eigenvalue weighted by molar-refractivity contribution is 0.0696. The molecule has 0 aromatic heterocycles. The van der Waals surface area contributed by atoms with Crippen LogP contribution < -0.4 is 0 Å². The van der Waals surface area contributed by atoms with Crippen LogP contribution in [-0.2, 0) is 5.41 Å². The summed E-state index contributed by atoms with van der Waals surface area (Å²) in [6.45, 7) is 6.34. The van der Waals surface area contributed by atoms with Crippen molar-refractivity contribution in [3.8, 4) is 0 Å². The largest absolute Gasteiger partial charge is 0.478 e. The number of rotatable bonds is 5. The average molecular weight is 442 g/mol. The molecule has 0 bridgehead atoms. The second-order valence-corrected chi connectivity index (χ2v) is 8.77. The molecule has 33 heavy (non-hydrogen) atoms. The van der Waals surface area contributed by atoms with Crippen molar-refractivity contribution in [2.24, 2.45) is 5.16 Å². The van der Waals surface area contributed by atoms with Crippen LogP contribution >= 0.6 is 0 Å². The van der Waals surface area contributed by atoms with E-state index in [2.05, 4.69) is 56.3 Å². The van der Waals surface area contributed by atoms with Gasteiger partial charge >= 0.3 is 5.97 Å². The number of allylic oxidation sites excluding steroid dienone is 2. The molecular formula is C28H24FNO3. The summed E-state index contributed by atoms with van der Waals surface area (Å²) < 4.78 is 14.3. The first kappa shape index (κ1) is 22.2. The minimum Gasteiger partial charge on any atom is -0.478 e. The van der Waals surface area contributed by atoms with Gasteiger partial charge in [-0.2, -0.15) is 0 Å². The predicted octanol–water partition coefficient (Wildman–Crippen LogP) is 6.45. The monoisotopic (exact) mass is 441 g/mol. The molecular weight excluding hydrogens is 417 g/mol. The molecule has 0 amide bonds. The molecule has 1 aliphatic carbocycles. The van der Waals surface area contributed by atoms with Crippen molar-refractivity contribution >= 4 is 23.3 Å². The summed E-state index contributed by atoms with van der Waals surface area (Å²) in [6, 6.07) is 18.0. The van der Waals surface area contributed by atoms with Crippen molar-refractivity contribution in [1.29, 1.82) is 0 Å². The number of carboxylic acid groups (broad SMARTS) is 1. The molecule has 0 radical (unpaired) electrons. The minimum atomic E-state index is -1.19. The summed E-state index contributed by atoms with van der Waals surface area (Å²) in [4.78, 5) is 11.0. The fourth-order valence-corrected chi connectivity index (χ4v) is 4.11. The van der Waals surface area contributed by atoms with E-state index < -0.39 is 11.8 Å². The van der Waals surface area contributed by atoms with E-state index >= 15 is 0 Å². The van der Waals surface area contributed by atoms with E-state index in [9.17, 15) is 14.4 Å². The molecule has 4 rings (SSSR count). The highest BCUT2D eigenvalue weighted by Gasteiger charge is 2.30. The minimum absolute atomic E-state index is 0.126.